The summed E-state index contributed by atoms with van der Waals surface area (Å²) in [5.41, 5.74) is 0. The van der Waals surface area contributed by atoms with E-state index in [2.05, 4.69) is 0 Å². The molecule has 0 unspecified atom stereocenters. The summed E-state index contributed by atoms with van der Waals surface area (Å²) in [6, 6.07) is 0. The van der Waals surface area contributed by atoms with E-state index in [0.29, 0.717) is 0 Å². The van der Waals surface area contributed by atoms with Crippen LogP contribution in [0, 0.1) is 0 Å². The second-order valence-electron chi connectivity index (χ2n) is 3.14. The highest BCUT2D eigenvalue weighted by molar-refractivity contribution is 5.89. The Morgan fingerprint density at radius 3 is 2.57 bits per heavy atom. The van der Waals surface area contributed by atoms with Crippen LogP contribution in [0.25, 0.3) is 0 Å². The van der Waals surface area contributed by atoms with Crippen molar-refractivity contribution in [1.82, 2.24) is 0 Å². The summed E-state index contributed by atoms with van der Waals surface area (Å²) in [4.78, 5) is 10.8. The Hall–Kier alpha value is -1.27. The van der Waals surface area contributed by atoms with Gasteiger partial charge in [-0.3, -0.25) is 0 Å². The summed E-state index contributed by atoms with van der Waals surface area (Å²) in [5.74, 6) is -2.17. The molecule has 2 N–H and O–H groups in total. The highest BCUT2D eigenvalue weighted by Crippen LogP contribution is 2.26. The van der Waals surface area contributed by atoms with E-state index in [0.717, 1.165) is 0 Å². The first-order valence-corrected chi connectivity index (χ1v) is 4.19. The molecule has 0 aromatic rings. The summed E-state index contributed by atoms with van der Waals surface area (Å²) < 4.78 is 15.0. The lowest BCUT2D eigenvalue weighted by atomic mass is 10.2. The van der Waals surface area contributed by atoms with Crippen molar-refractivity contribution in [1.29, 1.82) is 0 Å². The number of rotatable bonds is 1. The number of carbonyl (C=O) groups excluding carboxylic acids is 1. The van der Waals surface area contributed by atoms with Gasteiger partial charge in [0.2, 0.25) is 5.76 Å². The zero-order valence-corrected chi connectivity index (χ0v) is 7.47. The van der Waals surface area contributed by atoms with Gasteiger partial charge in [0, 0.05) is 0 Å². The molecule has 2 rings (SSSR count). The molecule has 2 aliphatic rings. The molecule has 0 amide bonds. The summed E-state index contributed by atoms with van der Waals surface area (Å²) in [7, 11) is 0. The molecule has 3 atom stereocenters. The first-order valence-electron chi connectivity index (χ1n) is 4.19. The van der Waals surface area contributed by atoms with E-state index in [9.17, 15) is 9.90 Å². The van der Waals surface area contributed by atoms with Gasteiger partial charge in [-0.1, -0.05) is 0 Å². The quantitative estimate of drug-likeness (QED) is 0.582. The molecule has 0 aromatic heterocycles. The van der Waals surface area contributed by atoms with E-state index >= 15 is 0 Å². The van der Waals surface area contributed by atoms with Crippen LogP contribution < -0.4 is 0 Å². The lowest BCUT2D eigenvalue weighted by Gasteiger charge is -2.15. The fraction of sp³-hybridized carbons (Fsp3) is 0.625. The topological polar surface area (TPSA) is 85.2 Å². The Labute approximate surface area is 79.7 Å². The minimum Gasteiger partial charge on any atom is -0.505 e. The summed E-state index contributed by atoms with van der Waals surface area (Å²) in [5, 5.41) is 18.3. The molecular formula is C8H10O6. The van der Waals surface area contributed by atoms with Gasteiger partial charge in [0.25, 0.3) is 0 Å². The maximum atomic E-state index is 10.8. The second kappa shape index (κ2) is 3.14. The molecule has 0 spiro atoms. The zero-order valence-electron chi connectivity index (χ0n) is 7.47. The number of esters is 1. The first-order chi connectivity index (χ1) is 6.59. The van der Waals surface area contributed by atoms with Crippen molar-refractivity contribution < 1.29 is 29.2 Å². The number of hydrogen-bond donors (Lipinski definition) is 2. The van der Waals surface area contributed by atoms with Gasteiger partial charge in [-0.05, 0) is 6.92 Å². The zero-order chi connectivity index (χ0) is 10.3. The van der Waals surface area contributed by atoms with E-state index in [1.165, 1.54) is 0 Å². The molecule has 0 aliphatic carbocycles. The van der Waals surface area contributed by atoms with E-state index < -0.39 is 36.0 Å². The molecule has 78 valence electrons. The maximum Gasteiger partial charge on any atom is 0.377 e. The Kier molecular flexibility index (Phi) is 2.09. The standard InChI is InChI=1S/C8H10O6/c1-3-12-2-4(13-3)7-5(9)6(10)8(11)14-7/h3-4,7,9-10H,2H2,1H3/t3-,4-,7-/m1/s1. The lowest BCUT2D eigenvalue weighted by molar-refractivity contribution is -0.148. The monoisotopic (exact) mass is 202 g/mol. The van der Waals surface area contributed by atoms with E-state index in [1.54, 1.807) is 6.92 Å². The van der Waals surface area contributed by atoms with E-state index in [-0.39, 0.29) is 6.61 Å². The number of carbonyl (C=O) groups is 1. The number of aliphatic hydroxyl groups excluding tert-OH is 2. The third-order valence-corrected chi connectivity index (χ3v) is 2.14. The third-order valence-electron chi connectivity index (χ3n) is 2.14. The van der Waals surface area contributed by atoms with Crippen molar-refractivity contribution in [2.24, 2.45) is 0 Å². The predicted molar refractivity (Wildman–Crippen MR) is 42.5 cm³/mol. The van der Waals surface area contributed by atoms with Crippen molar-refractivity contribution in [2.45, 2.75) is 25.4 Å². The molecule has 1 fully saturated rings. The van der Waals surface area contributed by atoms with Crippen LogP contribution in [0.2, 0.25) is 0 Å². The number of ether oxygens (including phenoxy) is 3. The van der Waals surface area contributed by atoms with Gasteiger partial charge in [0.1, 0.15) is 6.10 Å². The van der Waals surface area contributed by atoms with Crippen molar-refractivity contribution in [3.05, 3.63) is 11.5 Å². The highest BCUT2D eigenvalue weighted by Gasteiger charge is 2.43. The smallest absolute Gasteiger partial charge is 0.377 e. The Morgan fingerprint density at radius 1 is 1.43 bits per heavy atom. The molecule has 1 saturated heterocycles. The van der Waals surface area contributed by atoms with Gasteiger partial charge in [-0.15, -0.1) is 0 Å². The fourth-order valence-electron chi connectivity index (χ4n) is 1.43. The highest BCUT2D eigenvalue weighted by atomic mass is 16.7. The van der Waals surface area contributed by atoms with Gasteiger partial charge < -0.3 is 24.4 Å². The van der Waals surface area contributed by atoms with Crippen molar-refractivity contribution in [3.63, 3.8) is 0 Å². The Balaban J connectivity index is 2.11. The first kappa shape index (κ1) is 9.29. The summed E-state index contributed by atoms with van der Waals surface area (Å²) in [6.45, 7) is 1.91. The minimum absolute atomic E-state index is 0.219. The largest absolute Gasteiger partial charge is 0.505 e. The summed E-state index contributed by atoms with van der Waals surface area (Å²) >= 11 is 0. The minimum atomic E-state index is -0.951. The van der Waals surface area contributed by atoms with Crippen LogP contribution >= 0.6 is 0 Å². The van der Waals surface area contributed by atoms with Gasteiger partial charge in [0.05, 0.1) is 6.61 Å². The van der Waals surface area contributed by atoms with Gasteiger partial charge in [-0.25, -0.2) is 4.79 Å². The van der Waals surface area contributed by atoms with E-state index in [4.69, 9.17) is 19.3 Å². The average molecular weight is 202 g/mol. The molecule has 0 bridgehead atoms. The lowest BCUT2D eigenvalue weighted by Crippen LogP contribution is -2.30. The molecule has 2 aliphatic heterocycles. The maximum absolute atomic E-state index is 10.8. The molecule has 2 heterocycles. The van der Waals surface area contributed by atoms with E-state index in [1.807, 2.05) is 0 Å². The molecule has 6 nitrogen and oxygen atoms in total. The van der Waals surface area contributed by atoms with Crippen molar-refractivity contribution >= 4 is 5.97 Å². The van der Waals surface area contributed by atoms with Crippen LogP contribution in [-0.2, 0) is 19.0 Å². The number of aliphatic hydroxyl groups is 2. The van der Waals surface area contributed by atoms with Gasteiger partial charge in [-0.2, -0.15) is 0 Å². The number of hydrogen-bond acceptors (Lipinski definition) is 6. The van der Waals surface area contributed by atoms with Crippen molar-refractivity contribution in [3.8, 4) is 0 Å². The van der Waals surface area contributed by atoms with Crippen LogP contribution in [0.1, 0.15) is 6.92 Å². The van der Waals surface area contributed by atoms with Crippen LogP contribution in [0.4, 0.5) is 0 Å². The molecule has 14 heavy (non-hydrogen) atoms. The van der Waals surface area contributed by atoms with Crippen molar-refractivity contribution in [2.75, 3.05) is 6.61 Å². The molecule has 6 heteroatoms. The van der Waals surface area contributed by atoms with Gasteiger partial charge in [0.15, 0.2) is 18.2 Å². The average Bonchev–Trinajstić information content (AvgIpc) is 2.66. The normalized spacial score (nSPS) is 37.8. The van der Waals surface area contributed by atoms with Crippen LogP contribution in [-0.4, -0.2) is 41.3 Å². The molecular weight excluding hydrogens is 192 g/mol. The molecule has 0 aromatic carbocycles. The Morgan fingerprint density at radius 2 is 2.14 bits per heavy atom. The molecule has 0 saturated carbocycles. The van der Waals surface area contributed by atoms with Crippen LogP contribution in [0.5, 0.6) is 0 Å². The Bertz CT molecular complexity index is 296. The van der Waals surface area contributed by atoms with Gasteiger partial charge >= 0.3 is 5.97 Å². The third kappa shape index (κ3) is 1.32. The molecule has 0 radical (unpaired) electrons. The summed E-state index contributed by atoms with van der Waals surface area (Å²) in [6.07, 6.45) is -1.90. The fourth-order valence-corrected chi connectivity index (χ4v) is 1.43. The SMILES string of the molecule is C[C@@H]1OC[C@H]([C@H]2OC(=O)C(O)=C2O)O1. The predicted octanol–water partition coefficient (Wildman–Crippen LogP) is 0.000800. The van der Waals surface area contributed by atoms with Crippen LogP contribution in [0.15, 0.2) is 11.5 Å². The van der Waals surface area contributed by atoms with Crippen LogP contribution in [0.3, 0.4) is 0 Å². The number of cyclic esters (lactones) is 1. The second-order valence-corrected chi connectivity index (χ2v) is 3.14.